The molecule has 16 heavy (non-hydrogen) atoms. The summed E-state index contributed by atoms with van der Waals surface area (Å²) in [4.78, 5) is 17.6. The van der Waals surface area contributed by atoms with E-state index in [1.807, 2.05) is 13.0 Å². The van der Waals surface area contributed by atoms with Crippen molar-refractivity contribution < 1.29 is 9.53 Å². The van der Waals surface area contributed by atoms with Gasteiger partial charge in [0.05, 0.1) is 23.9 Å². The first-order valence-electron chi connectivity index (χ1n) is 5.08. The molecule has 0 saturated carbocycles. The van der Waals surface area contributed by atoms with Crippen molar-refractivity contribution in [2.45, 2.75) is 18.7 Å². The zero-order valence-electron chi connectivity index (χ0n) is 9.24. The number of rotatable bonds is 2. The summed E-state index contributed by atoms with van der Waals surface area (Å²) in [6.45, 7) is 2.40. The number of halogens is 1. The number of anilines is 1. The van der Waals surface area contributed by atoms with Gasteiger partial charge < -0.3 is 9.64 Å². The van der Waals surface area contributed by atoms with Crippen LogP contribution in [0.25, 0.3) is 0 Å². The molecule has 1 unspecified atom stereocenters. The normalized spacial score (nSPS) is 20.3. The first-order valence-corrected chi connectivity index (χ1v) is 5.51. The second-order valence-electron chi connectivity index (χ2n) is 3.76. The molecule has 5 heteroatoms. The third-order valence-electron chi connectivity index (χ3n) is 2.61. The number of ether oxygens (including phenoxy) is 1. The van der Waals surface area contributed by atoms with Crippen LogP contribution in [0.15, 0.2) is 12.1 Å². The summed E-state index contributed by atoms with van der Waals surface area (Å²) in [5.41, 5.74) is 1.59. The summed E-state index contributed by atoms with van der Waals surface area (Å²) in [5.74, 6) is 0.602. The van der Waals surface area contributed by atoms with E-state index < -0.39 is 0 Å². The topological polar surface area (TPSA) is 42.4 Å². The minimum absolute atomic E-state index is 0.0510. The molecule has 1 atom stereocenters. The van der Waals surface area contributed by atoms with E-state index in [1.54, 1.807) is 18.1 Å². The molecule has 0 N–H and O–H groups in total. The first kappa shape index (κ1) is 11.2. The van der Waals surface area contributed by atoms with Crippen molar-refractivity contribution >= 4 is 23.2 Å². The molecule has 0 radical (unpaired) electrons. The molecule has 86 valence electrons. The van der Waals surface area contributed by atoms with Crippen LogP contribution in [0, 0.1) is 6.92 Å². The molecule has 2 heterocycles. The molecule has 0 aliphatic carbocycles. The van der Waals surface area contributed by atoms with Crippen molar-refractivity contribution in [1.29, 1.82) is 0 Å². The van der Waals surface area contributed by atoms with E-state index >= 15 is 0 Å². The lowest BCUT2D eigenvalue weighted by molar-refractivity contribution is -0.117. The maximum absolute atomic E-state index is 11.7. The van der Waals surface area contributed by atoms with Crippen LogP contribution in [0.1, 0.15) is 12.1 Å². The molecular formula is C11H13ClN2O2. The Morgan fingerprint density at radius 1 is 1.56 bits per heavy atom. The van der Waals surface area contributed by atoms with Crippen LogP contribution >= 0.6 is 11.6 Å². The molecule has 0 spiro atoms. The fourth-order valence-electron chi connectivity index (χ4n) is 1.83. The van der Waals surface area contributed by atoms with Crippen molar-refractivity contribution in [2.24, 2.45) is 0 Å². The Bertz CT molecular complexity index is 422. The average molecular weight is 241 g/mol. The third-order valence-corrected chi connectivity index (χ3v) is 2.90. The summed E-state index contributed by atoms with van der Waals surface area (Å²) >= 11 is 5.95. The zero-order chi connectivity index (χ0) is 11.7. The average Bonchev–Trinajstić information content (AvgIpc) is 2.57. The Morgan fingerprint density at radius 2 is 2.31 bits per heavy atom. The van der Waals surface area contributed by atoms with Crippen LogP contribution in [-0.2, 0) is 4.79 Å². The maximum atomic E-state index is 11.7. The number of carbonyl (C=O) groups is 1. The molecule has 1 aromatic rings. The van der Waals surface area contributed by atoms with E-state index in [4.69, 9.17) is 16.3 Å². The monoisotopic (exact) mass is 240 g/mol. The van der Waals surface area contributed by atoms with Crippen LogP contribution in [0.3, 0.4) is 0 Å². The summed E-state index contributed by atoms with van der Waals surface area (Å²) < 4.78 is 5.02. The van der Waals surface area contributed by atoms with Gasteiger partial charge in [-0.3, -0.25) is 4.79 Å². The van der Waals surface area contributed by atoms with Gasteiger partial charge in [0.2, 0.25) is 11.8 Å². The minimum Gasteiger partial charge on any atom is -0.481 e. The van der Waals surface area contributed by atoms with Gasteiger partial charge in [-0.1, -0.05) is 0 Å². The number of aryl methyl sites for hydroxylation is 1. The molecule has 1 saturated heterocycles. The lowest BCUT2D eigenvalue weighted by Crippen LogP contribution is -2.25. The molecule has 1 amide bonds. The summed E-state index contributed by atoms with van der Waals surface area (Å²) in [6, 6.07) is 3.59. The first-order chi connectivity index (χ1) is 7.61. The van der Waals surface area contributed by atoms with Gasteiger partial charge >= 0.3 is 0 Å². The molecular weight excluding hydrogens is 228 g/mol. The van der Waals surface area contributed by atoms with Gasteiger partial charge in [0.1, 0.15) is 0 Å². The summed E-state index contributed by atoms with van der Waals surface area (Å²) in [7, 11) is 1.57. The van der Waals surface area contributed by atoms with Crippen molar-refractivity contribution in [3.8, 4) is 5.88 Å². The predicted octanol–water partition coefficient (Wildman–Crippen LogP) is 1.74. The second kappa shape index (κ2) is 4.29. The van der Waals surface area contributed by atoms with Gasteiger partial charge in [-0.15, -0.1) is 11.6 Å². The van der Waals surface area contributed by atoms with E-state index in [2.05, 4.69) is 4.98 Å². The van der Waals surface area contributed by atoms with Crippen LogP contribution < -0.4 is 9.64 Å². The Kier molecular flexibility index (Phi) is 3.01. The van der Waals surface area contributed by atoms with Gasteiger partial charge in [0.15, 0.2) is 0 Å². The Balaban J connectivity index is 2.30. The van der Waals surface area contributed by atoms with Crippen LogP contribution in [-0.4, -0.2) is 29.9 Å². The van der Waals surface area contributed by atoms with Crippen molar-refractivity contribution in [1.82, 2.24) is 4.98 Å². The molecule has 0 aromatic carbocycles. The van der Waals surface area contributed by atoms with Crippen molar-refractivity contribution in [2.75, 3.05) is 18.6 Å². The van der Waals surface area contributed by atoms with Gasteiger partial charge in [-0.05, 0) is 13.0 Å². The number of methoxy groups -OCH3 is 1. The van der Waals surface area contributed by atoms with E-state index in [1.165, 1.54) is 0 Å². The van der Waals surface area contributed by atoms with Crippen LogP contribution in [0.5, 0.6) is 5.88 Å². The molecule has 0 bridgehead atoms. The molecule has 1 fully saturated rings. The largest absolute Gasteiger partial charge is 0.481 e. The fourth-order valence-corrected chi connectivity index (χ4v) is 2.10. The van der Waals surface area contributed by atoms with Crippen molar-refractivity contribution in [3.05, 3.63) is 17.8 Å². The summed E-state index contributed by atoms with van der Waals surface area (Å²) in [6.07, 6.45) is 0.396. The number of pyridine rings is 1. The number of carbonyl (C=O) groups excluding carboxylic acids is 1. The highest BCUT2D eigenvalue weighted by atomic mass is 35.5. The molecule has 1 aromatic heterocycles. The van der Waals surface area contributed by atoms with Crippen LogP contribution in [0.2, 0.25) is 0 Å². The second-order valence-corrected chi connectivity index (χ2v) is 4.38. The predicted molar refractivity (Wildman–Crippen MR) is 62.1 cm³/mol. The molecule has 1 aliphatic rings. The van der Waals surface area contributed by atoms with Gasteiger partial charge in [0.25, 0.3) is 0 Å². The number of hydrogen-bond acceptors (Lipinski definition) is 3. The standard InChI is InChI=1S/C11H13ClN2O2/c1-7-9(3-4-10(13-7)16-2)14-6-8(12)5-11(14)15/h3-4,8H,5-6H2,1-2H3. The zero-order valence-corrected chi connectivity index (χ0v) is 9.99. The SMILES string of the molecule is COc1ccc(N2CC(Cl)CC2=O)c(C)n1. The maximum Gasteiger partial charge on any atom is 0.228 e. The Hall–Kier alpha value is -1.29. The highest BCUT2D eigenvalue weighted by Gasteiger charge is 2.30. The van der Waals surface area contributed by atoms with Crippen molar-refractivity contribution in [3.63, 3.8) is 0 Å². The fraction of sp³-hybridized carbons (Fsp3) is 0.455. The Morgan fingerprint density at radius 3 is 2.81 bits per heavy atom. The van der Waals surface area contributed by atoms with E-state index in [-0.39, 0.29) is 11.3 Å². The minimum atomic E-state index is -0.103. The number of nitrogens with zero attached hydrogens (tertiary/aromatic N) is 2. The number of alkyl halides is 1. The Labute approximate surface area is 99.2 Å². The van der Waals surface area contributed by atoms with Gasteiger partial charge in [-0.2, -0.15) is 0 Å². The van der Waals surface area contributed by atoms with E-state index in [0.717, 1.165) is 11.4 Å². The smallest absolute Gasteiger partial charge is 0.228 e. The number of aromatic nitrogens is 1. The highest BCUT2D eigenvalue weighted by molar-refractivity contribution is 6.24. The lowest BCUT2D eigenvalue weighted by Gasteiger charge is -2.18. The number of hydrogen-bond donors (Lipinski definition) is 0. The molecule has 2 rings (SSSR count). The third kappa shape index (κ3) is 1.97. The number of amides is 1. The molecule has 4 nitrogen and oxygen atoms in total. The summed E-state index contributed by atoms with van der Waals surface area (Å²) in [5, 5.41) is -0.103. The highest BCUT2D eigenvalue weighted by Crippen LogP contribution is 2.27. The molecule has 1 aliphatic heterocycles. The lowest BCUT2D eigenvalue weighted by atomic mass is 10.3. The van der Waals surface area contributed by atoms with Gasteiger partial charge in [0, 0.05) is 19.0 Å². The van der Waals surface area contributed by atoms with Gasteiger partial charge in [-0.25, -0.2) is 4.98 Å². The van der Waals surface area contributed by atoms with Crippen LogP contribution in [0.4, 0.5) is 5.69 Å². The van der Waals surface area contributed by atoms with E-state index in [0.29, 0.717) is 18.8 Å². The quantitative estimate of drug-likeness (QED) is 0.740. The van der Waals surface area contributed by atoms with E-state index in [9.17, 15) is 4.79 Å².